The fraction of sp³-hybridized carbons (Fsp3) is 0.238. The maximum atomic E-state index is 5.65. The van der Waals surface area contributed by atoms with Crippen LogP contribution in [0, 0.1) is 0 Å². The number of rotatable bonds is 7. The van der Waals surface area contributed by atoms with Crippen molar-refractivity contribution >= 4 is 5.69 Å². The lowest BCUT2D eigenvalue weighted by molar-refractivity contribution is 0.232. The van der Waals surface area contributed by atoms with Crippen molar-refractivity contribution in [3.8, 4) is 5.88 Å². The molecule has 0 aliphatic carbocycles. The van der Waals surface area contributed by atoms with Crippen LogP contribution in [0.25, 0.3) is 0 Å². The summed E-state index contributed by atoms with van der Waals surface area (Å²) in [5, 5.41) is 0. The lowest BCUT2D eigenvalue weighted by Gasteiger charge is -2.25. The van der Waals surface area contributed by atoms with Gasteiger partial charge in [0.15, 0.2) is 0 Å². The Bertz CT molecular complexity index is 717. The molecule has 2 aromatic heterocycles. The van der Waals surface area contributed by atoms with Gasteiger partial charge in [-0.15, -0.1) is 0 Å². The van der Waals surface area contributed by atoms with Crippen molar-refractivity contribution in [1.82, 2.24) is 9.97 Å². The Morgan fingerprint density at radius 2 is 1.64 bits per heavy atom. The summed E-state index contributed by atoms with van der Waals surface area (Å²) in [6, 6.07) is 18.5. The summed E-state index contributed by atoms with van der Waals surface area (Å²) in [7, 11) is 0. The van der Waals surface area contributed by atoms with Gasteiger partial charge in [-0.3, -0.25) is 4.98 Å². The maximum Gasteiger partial charge on any atom is 0.213 e. The Kier molecular flexibility index (Phi) is 5.62. The van der Waals surface area contributed by atoms with E-state index in [2.05, 4.69) is 51.3 Å². The highest BCUT2D eigenvalue weighted by Crippen LogP contribution is 2.21. The van der Waals surface area contributed by atoms with Gasteiger partial charge in [0.25, 0.3) is 0 Å². The van der Waals surface area contributed by atoms with Crippen LogP contribution in [0.5, 0.6) is 5.88 Å². The van der Waals surface area contributed by atoms with Crippen molar-refractivity contribution in [3.05, 3.63) is 84.3 Å². The summed E-state index contributed by atoms with van der Waals surface area (Å²) < 4.78 is 5.65. The quantitative estimate of drug-likeness (QED) is 0.639. The molecule has 4 nitrogen and oxygen atoms in total. The van der Waals surface area contributed by atoms with E-state index in [1.54, 1.807) is 6.20 Å². The van der Waals surface area contributed by atoms with E-state index in [4.69, 9.17) is 4.74 Å². The van der Waals surface area contributed by atoms with Crippen molar-refractivity contribution in [2.45, 2.75) is 33.0 Å². The second-order valence-corrected chi connectivity index (χ2v) is 6.22. The first-order chi connectivity index (χ1) is 12.2. The molecule has 4 heteroatoms. The standard InChI is InChI=1S/C21H23N3O/c1-17(2)25-21-11-10-20(14-23-21)24(15-18-7-4-3-5-8-18)16-19-9-6-12-22-13-19/h3-14,17H,15-16H2,1-2H3. The van der Waals surface area contributed by atoms with Gasteiger partial charge in [0.1, 0.15) is 0 Å². The van der Waals surface area contributed by atoms with Crippen LogP contribution in [0.4, 0.5) is 5.69 Å². The minimum Gasteiger partial charge on any atom is -0.475 e. The number of hydrogen-bond donors (Lipinski definition) is 0. The molecule has 0 radical (unpaired) electrons. The van der Waals surface area contributed by atoms with Gasteiger partial charge in [0, 0.05) is 31.5 Å². The molecular weight excluding hydrogens is 310 g/mol. The molecule has 0 fully saturated rings. The van der Waals surface area contributed by atoms with E-state index in [9.17, 15) is 0 Å². The second-order valence-electron chi connectivity index (χ2n) is 6.22. The van der Waals surface area contributed by atoms with Gasteiger partial charge >= 0.3 is 0 Å². The molecule has 3 aromatic rings. The molecule has 0 N–H and O–H groups in total. The molecule has 0 bridgehead atoms. The highest BCUT2D eigenvalue weighted by molar-refractivity contribution is 5.46. The monoisotopic (exact) mass is 333 g/mol. The van der Waals surface area contributed by atoms with Gasteiger partial charge < -0.3 is 9.64 Å². The van der Waals surface area contributed by atoms with Crippen molar-refractivity contribution in [1.29, 1.82) is 0 Å². The molecule has 25 heavy (non-hydrogen) atoms. The van der Waals surface area contributed by atoms with Crippen LogP contribution >= 0.6 is 0 Å². The predicted molar refractivity (Wildman–Crippen MR) is 101 cm³/mol. The third-order valence-corrected chi connectivity index (χ3v) is 3.75. The van der Waals surface area contributed by atoms with Crippen molar-refractivity contribution in [2.24, 2.45) is 0 Å². The number of aromatic nitrogens is 2. The maximum absolute atomic E-state index is 5.65. The average Bonchev–Trinajstić information content (AvgIpc) is 2.63. The minimum absolute atomic E-state index is 0.120. The summed E-state index contributed by atoms with van der Waals surface area (Å²) in [5.41, 5.74) is 3.48. The molecule has 128 valence electrons. The van der Waals surface area contributed by atoms with E-state index in [0.29, 0.717) is 5.88 Å². The van der Waals surface area contributed by atoms with Crippen LogP contribution < -0.4 is 9.64 Å². The van der Waals surface area contributed by atoms with Crippen molar-refractivity contribution < 1.29 is 4.74 Å². The average molecular weight is 333 g/mol. The number of ether oxygens (including phenoxy) is 1. The minimum atomic E-state index is 0.120. The number of benzene rings is 1. The predicted octanol–water partition coefficient (Wildman–Crippen LogP) is 4.47. The fourth-order valence-corrected chi connectivity index (χ4v) is 2.63. The normalized spacial score (nSPS) is 10.7. The van der Waals surface area contributed by atoms with Crippen molar-refractivity contribution in [2.75, 3.05) is 4.90 Å². The van der Waals surface area contributed by atoms with Gasteiger partial charge in [-0.1, -0.05) is 36.4 Å². The Morgan fingerprint density at radius 3 is 2.28 bits per heavy atom. The van der Waals surface area contributed by atoms with Crippen LogP contribution in [-0.4, -0.2) is 16.1 Å². The van der Waals surface area contributed by atoms with E-state index in [0.717, 1.165) is 18.8 Å². The van der Waals surface area contributed by atoms with Gasteiger partial charge in [0.2, 0.25) is 5.88 Å². The molecule has 0 unspecified atom stereocenters. The molecule has 0 saturated heterocycles. The van der Waals surface area contributed by atoms with Gasteiger partial charge in [-0.05, 0) is 37.1 Å². The number of hydrogen-bond acceptors (Lipinski definition) is 4. The zero-order chi connectivity index (χ0) is 17.5. The van der Waals surface area contributed by atoms with E-state index in [1.165, 1.54) is 11.1 Å². The summed E-state index contributed by atoms with van der Waals surface area (Å²) >= 11 is 0. The summed E-state index contributed by atoms with van der Waals surface area (Å²) in [6.45, 7) is 5.58. The van der Waals surface area contributed by atoms with E-state index in [1.807, 2.05) is 44.4 Å². The Hall–Kier alpha value is -2.88. The molecule has 0 amide bonds. The van der Waals surface area contributed by atoms with Crippen LogP contribution in [0.2, 0.25) is 0 Å². The molecule has 0 atom stereocenters. The van der Waals surface area contributed by atoms with Gasteiger partial charge in [0.05, 0.1) is 18.0 Å². The smallest absolute Gasteiger partial charge is 0.213 e. The number of pyridine rings is 2. The third kappa shape index (κ3) is 5.05. The number of anilines is 1. The molecule has 1 aromatic carbocycles. The Morgan fingerprint density at radius 1 is 0.880 bits per heavy atom. The molecule has 3 rings (SSSR count). The molecule has 2 heterocycles. The highest BCUT2D eigenvalue weighted by atomic mass is 16.5. The van der Waals surface area contributed by atoms with E-state index in [-0.39, 0.29) is 6.10 Å². The second kappa shape index (κ2) is 8.29. The first-order valence-electron chi connectivity index (χ1n) is 8.51. The molecule has 0 aliphatic rings. The van der Waals surface area contributed by atoms with Gasteiger partial charge in [-0.25, -0.2) is 4.98 Å². The third-order valence-electron chi connectivity index (χ3n) is 3.75. The van der Waals surface area contributed by atoms with Crippen LogP contribution in [0.1, 0.15) is 25.0 Å². The number of nitrogens with zero attached hydrogens (tertiary/aromatic N) is 3. The summed E-state index contributed by atoms with van der Waals surface area (Å²) in [5.74, 6) is 0.653. The molecule has 0 saturated carbocycles. The molecular formula is C21H23N3O. The van der Waals surface area contributed by atoms with Crippen LogP contribution in [-0.2, 0) is 13.1 Å². The van der Waals surface area contributed by atoms with Crippen molar-refractivity contribution in [3.63, 3.8) is 0 Å². The Labute approximate surface area is 149 Å². The summed E-state index contributed by atoms with van der Waals surface area (Å²) in [4.78, 5) is 11.0. The van der Waals surface area contributed by atoms with Gasteiger partial charge in [-0.2, -0.15) is 0 Å². The topological polar surface area (TPSA) is 38.2 Å². The Balaban J connectivity index is 1.82. The highest BCUT2D eigenvalue weighted by Gasteiger charge is 2.10. The zero-order valence-electron chi connectivity index (χ0n) is 14.7. The zero-order valence-corrected chi connectivity index (χ0v) is 14.7. The SMILES string of the molecule is CC(C)Oc1ccc(N(Cc2ccccc2)Cc2cccnc2)cn1. The first-order valence-corrected chi connectivity index (χ1v) is 8.51. The first kappa shape index (κ1) is 17.0. The lowest BCUT2D eigenvalue weighted by Crippen LogP contribution is -2.22. The fourth-order valence-electron chi connectivity index (χ4n) is 2.63. The van der Waals surface area contributed by atoms with Crippen LogP contribution in [0.3, 0.4) is 0 Å². The van der Waals surface area contributed by atoms with Crippen LogP contribution in [0.15, 0.2) is 73.2 Å². The molecule has 0 spiro atoms. The van der Waals surface area contributed by atoms with E-state index >= 15 is 0 Å². The van der Waals surface area contributed by atoms with E-state index < -0.39 is 0 Å². The lowest BCUT2D eigenvalue weighted by atomic mass is 10.2. The summed E-state index contributed by atoms with van der Waals surface area (Å²) in [6.07, 6.45) is 5.69. The largest absolute Gasteiger partial charge is 0.475 e. The molecule has 0 aliphatic heterocycles.